The first-order valence-corrected chi connectivity index (χ1v) is 6.87. The SMILES string of the molecule is Cc1ccc(S(=O)(=O)OCCCN(C)N=O)cc1. The molecule has 0 aromatic heterocycles. The molecule has 1 rings (SSSR count). The van der Waals surface area contributed by atoms with Gasteiger partial charge in [-0.1, -0.05) is 17.7 Å². The Kier molecular flexibility index (Phi) is 5.24. The van der Waals surface area contributed by atoms with Crippen molar-refractivity contribution in [3.8, 4) is 0 Å². The minimum Gasteiger partial charge on any atom is -0.266 e. The second-order valence-corrected chi connectivity index (χ2v) is 5.52. The molecule has 1 aromatic rings. The van der Waals surface area contributed by atoms with E-state index >= 15 is 0 Å². The van der Waals surface area contributed by atoms with Crippen LogP contribution in [0.1, 0.15) is 12.0 Å². The zero-order chi connectivity index (χ0) is 13.6. The van der Waals surface area contributed by atoms with Crippen LogP contribution in [0.25, 0.3) is 0 Å². The summed E-state index contributed by atoms with van der Waals surface area (Å²) in [4.78, 5) is 10.2. The Morgan fingerprint density at radius 1 is 1.28 bits per heavy atom. The summed E-state index contributed by atoms with van der Waals surface area (Å²) in [6.45, 7) is 2.25. The van der Waals surface area contributed by atoms with E-state index in [1.54, 1.807) is 12.1 Å². The molecule has 0 heterocycles. The molecular weight excluding hydrogens is 256 g/mol. The summed E-state index contributed by atoms with van der Waals surface area (Å²) in [7, 11) is -2.19. The maximum absolute atomic E-state index is 11.7. The predicted molar refractivity (Wildman–Crippen MR) is 67.4 cm³/mol. The second-order valence-electron chi connectivity index (χ2n) is 3.91. The van der Waals surface area contributed by atoms with Crippen molar-refractivity contribution < 1.29 is 12.6 Å². The van der Waals surface area contributed by atoms with Gasteiger partial charge in [0.05, 0.1) is 16.8 Å². The van der Waals surface area contributed by atoms with E-state index in [1.807, 2.05) is 6.92 Å². The minimum absolute atomic E-state index is 0.0239. The summed E-state index contributed by atoms with van der Waals surface area (Å²) < 4.78 is 28.3. The third kappa shape index (κ3) is 4.42. The monoisotopic (exact) mass is 272 g/mol. The van der Waals surface area contributed by atoms with Crippen LogP contribution in [0, 0.1) is 11.8 Å². The highest BCUT2D eigenvalue weighted by Gasteiger charge is 2.14. The van der Waals surface area contributed by atoms with Crippen LogP contribution in [0.15, 0.2) is 34.4 Å². The summed E-state index contributed by atoms with van der Waals surface area (Å²) >= 11 is 0. The van der Waals surface area contributed by atoms with Crippen LogP contribution >= 0.6 is 0 Å². The minimum atomic E-state index is -3.71. The molecule has 0 N–H and O–H groups in total. The number of rotatable bonds is 7. The maximum Gasteiger partial charge on any atom is 0.296 e. The van der Waals surface area contributed by atoms with Gasteiger partial charge < -0.3 is 0 Å². The highest BCUT2D eigenvalue weighted by molar-refractivity contribution is 7.86. The Morgan fingerprint density at radius 3 is 2.44 bits per heavy atom. The predicted octanol–water partition coefficient (Wildman–Crippen LogP) is 1.70. The molecule has 0 radical (unpaired) electrons. The van der Waals surface area contributed by atoms with Crippen molar-refractivity contribution in [1.82, 2.24) is 5.01 Å². The van der Waals surface area contributed by atoms with E-state index in [1.165, 1.54) is 24.2 Å². The first kappa shape index (κ1) is 14.6. The van der Waals surface area contributed by atoms with Crippen LogP contribution in [0.5, 0.6) is 0 Å². The van der Waals surface area contributed by atoms with E-state index in [2.05, 4.69) is 5.29 Å². The van der Waals surface area contributed by atoms with E-state index < -0.39 is 10.1 Å². The lowest BCUT2D eigenvalue weighted by molar-refractivity contribution is 0.269. The van der Waals surface area contributed by atoms with Crippen molar-refractivity contribution in [3.05, 3.63) is 34.7 Å². The van der Waals surface area contributed by atoms with Gasteiger partial charge in [-0.2, -0.15) is 8.42 Å². The summed E-state index contributed by atoms with van der Waals surface area (Å²) in [6.07, 6.45) is 0.410. The van der Waals surface area contributed by atoms with Gasteiger partial charge in [-0.05, 0) is 25.5 Å². The maximum atomic E-state index is 11.7. The van der Waals surface area contributed by atoms with Gasteiger partial charge in [0.2, 0.25) is 0 Å². The van der Waals surface area contributed by atoms with E-state index in [0.29, 0.717) is 13.0 Å². The standard InChI is InChI=1S/C11H16N2O4S/c1-10-4-6-11(7-5-10)18(15,16)17-9-3-8-13(2)12-14/h4-7H,3,8-9H2,1-2H3. The number of nitroso groups, excluding NO2 is 1. The van der Waals surface area contributed by atoms with E-state index in [0.717, 1.165) is 5.56 Å². The van der Waals surface area contributed by atoms with Crippen LogP contribution in [-0.2, 0) is 14.3 Å². The Bertz CT molecular complexity index is 484. The molecule has 1 aromatic carbocycles. The van der Waals surface area contributed by atoms with Gasteiger partial charge in [0, 0.05) is 13.6 Å². The molecule has 100 valence electrons. The Labute approximate surface area is 107 Å². The van der Waals surface area contributed by atoms with E-state index in [-0.39, 0.29) is 11.5 Å². The quantitative estimate of drug-likeness (QED) is 0.327. The molecule has 0 saturated heterocycles. The first-order valence-electron chi connectivity index (χ1n) is 5.46. The Morgan fingerprint density at radius 2 is 1.89 bits per heavy atom. The number of benzene rings is 1. The summed E-state index contributed by atoms with van der Waals surface area (Å²) in [5, 5.41) is 3.85. The van der Waals surface area contributed by atoms with Crippen LogP contribution < -0.4 is 0 Å². The number of nitrogens with zero attached hydrogens (tertiary/aromatic N) is 2. The van der Waals surface area contributed by atoms with E-state index in [9.17, 15) is 13.3 Å². The topological polar surface area (TPSA) is 76.0 Å². The van der Waals surface area contributed by atoms with Crippen LogP contribution in [0.4, 0.5) is 0 Å². The van der Waals surface area contributed by atoms with E-state index in [4.69, 9.17) is 4.18 Å². The molecule has 0 fully saturated rings. The van der Waals surface area contributed by atoms with Crippen molar-refractivity contribution in [2.24, 2.45) is 5.29 Å². The fraction of sp³-hybridized carbons (Fsp3) is 0.455. The van der Waals surface area contributed by atoms with Gasteiger partial charge in [-0.25, -0.2) is 0 Å². The largest absolute Gasteiger partial charge is 0.296 e. The third-order valence-electron chi connectivity index (χ3n) is 2.31. The van der Waals surface area contributed by atoms with Crippen LogP contribution in [-0.4, -0.2) is 33.6 Å². The molecule has 0 unspecified atom stereocenters. The second kappa shape index (κ2) is 6.46. The lowest BCUT2D eigenvalue weighted by atomic mass is 10.2. The van der Waals surface area contributed by atoms with Gasteiger partial charge in [-0.15, -0.1) is 4.91 Å². The first-order chi connectivity index (χ1) is 8.45. The van der Waals surface area contributed by atoms with Crippen molar-refractivity contribution in [1.29, 1.82) is 0 Å². The van der Waals surface area contributed by atoms with Crippen LogP contribution in [0.2, 0.25) is 0 Å². The molecular formula is C11H16N2O4S. The number of aryl methyl sites for hydroxylation is 1. The summed E-state index contributed by atoms with van der Waals surface area (Å²) in [5.74, 6) is 0. The van der Waals surface area contributed by atoms with Crippen molar-refractivity contribution in [3.63, 3.8) is 0 Å². The lowest BCUT2D eigenvalue weighted by Gasteiger charge is -2.09. The average molecular weight is 272 g/mol. The fourth-order valence-electron chi connectivity index (χ4n) is 1.28. The average Bonchev–Trinajstić information content (AvgIpc) is 2.35. The molecule has 0 saturated carbocycles. The zero-order valence-corrected chi connectivity index (χ0v) is 11.2. The molecule has 0 atom stereocenters. The number of hydrogen-bond acceptors (Lipinski definition) is 5. The molecule has 0 bridgehead atoms. The van der Waals surface area contributed by atoms with Gasteiger partial charge in [-0.3, -0.25) is 9.19 Å². The molecule has 0 spiro atoms. The molecule has 6 nitrogen and oxygen atoms in total. The summed E-state index contributed by atoms with van der Waals surface area (Å²) in [6, 6.07) is 6.42. The highest BCUT2D eigenvalue weighted by atomic mass is 32.2. The molecule has 18 heavy (non-hydrogen) atoms. The lowest BCUT2D eigenvalue weighted by Crippen LogP contribution is -2.15. The zero-order valence-electron chi connectivity index (χ0n) is 10.4. The van der Waals surface area contributed by atoms with Gasteiger partial charge >= 0.3 is 0 Å². The molecule has 0 aliphatic heterocycles. The Hall–Kier alpha value is -1.47. The Balaban J connectivity index is 2.50. The van der Waals surface area contributed by atoms with Gasteiger partial charge in [0.15, 0.2) is 0 Å². The smallest absolute Gasteiger partial charge is 0.266 e. The molecule has 0 aliphatic carbocycles. The third-order valence-corrected chi connectivity index (χ3v) is 3.64. The van der Waals surface area contributed by atoms with Gasteiger partial charge in [0.25, 0.3) is 10.1 Å². The molecule has 7 heteroatoms. The number of hydrogen-bond donors (Lipinski definition) is 0. The van der Waals surface area contributed by atoms with Crippen molar-refractivity contribution >= 4 is 10.1 Å². The van der Waals surface area contributed by atoms with Gasteiger partial charge in [0.1, 0.15) is 0 Å². The van der Waals surface area contributed by atoms with Crippen molar-refractivity contribution in [2.75, 3.05) is 20.2 Å². The van der Waals surface area contributed by atoms with Crippen molar-refractivity contribution in [2.45, 2.75) is 18.2 Å². The van der Waals surface area contributed by atoms with Crippen LogP contribution in [0.3, 0.4) is 0 Å². The molecule has 0 aliphatic rings. The highest BCUT2D eigenvalue weighted by Crippen LogP contribution is 2.13. The summed E-state index contributed by atoms with van der Waals surface area (Å²) in [5.41, 5.74) is 0.979. The normalized spacial score (nSPS) is 11.2. The molecule has 0 amide bonds. The fourth-order valence-corrected chi connectivity index (χ4v) is 2.22.